The molecule has 0 aliphatic heterocycles. The van der Waals surface area contributed by atoms with Crippen molar-refractivity contribution < 1.29 is 33.5 Å². The number of methoxy groups -OCH3 is 1. The molecule has 12 nitrogen and oxygen atoms in total. The number of carboxylic acids is 1. The van der Waals surface area contributed by atoms with E-state index in [0.29, 0.717) is 28.3 Å². The minimum atomic E-state index is -1.33. The van der Waals surface area contributed by atoms with E-state index in [4.69, 9.17) is 14.5 Å². The van der Waals surface area contributed by atoms with Crippen LogP contribution in [-0.2, 0) is 9.59 Å². The van der Waals surface area contributed by atoms with Gasteiger partial charge in [0.1, 0.15) is 5.75 Å². The standard InChI is InChI=1S/C27H21N5O7/c1-13(33)29-16-5-7-23(38-3)18(9-16)17-11-24-20(10-22(17)30-14(2)34)25(32-39-24)26(35)31-21-6-4-15(12-28)8-19(21)27(36)37/h4-11H,1-3H3,(H,29,33)(H,30,34)(H,31,35)(H,36,37). The summed E-state index contributed by atoms with van der Waals surface area (Å²) in [6.45, 7) is 2.69. The van der Waals surface area contributed by atoms with E-state index in [0.717, 1.165) is 6.07 Å². The molecule has 3 aromatic carbocycles. The monoisotopic (exact) mass is 527 g/mol. The highest BCUT2D eigenvalue weighted by atomic mass is 16.5. The molecule has 0 unspecified atom stereocenters. The number of carbonyl (C=O) groups excluding carboxylic acids is 3. The van der Waals surface area contributed by atoms with E-state index in [9.17, 15) is 24.3 Å². The normalized spacial score (nSPS) is 10.4. The molecule has 1 aromatic heterocycles. The van der Waals surface area contributed by atoms with Crippen molar-refractivity contribution in [2.45, 2.75) is 13.8 Å². The Morgan fingerprint density at radius 3 is 2.31 bits per heavy atom. The van der Waals surface area contributed by atoms with Crippen LogP contribution in [0.4, 0.5) is 17.1 Å². The number of hydrogen-bond donors (Lipinski definition) is 4. The quantitative estimate of drug-likeness (QED) is 0.273. The third kappa shape index (κ3) is 5.52. The molecule has 0 fully saturated rings. The van der Waals surface area contributed by atoms with Gasteiger partial charge >= 0.3 is 5.97 Å². The average molecular weight is 527 g/mol. The van der Waals surface area contributed by atoms with Crippen molar-refractivity contribution >= 4 is 51.7 Å². The Hall–Kier alpha value is -5.70. The highest BCUT2D eigenvalue weighted by molar-refractivity contribution is 6.14. The maximum atomic E-state index is 13.1. The summed E-state index contributed by atoms with van der Waals surface area (Å²) in [5, 5.41) is 30.6. The van der Waals surface area contributed by atoms with Crippen LogP contribution in [0.2, 0.25) is 0 Å². The summed E-state index contributed by atoms with van der Waals surface area (Å²) in [5.74, 6) is -2.33. The second kappa shape index (κ2) is 10.7. The van der Waals surface area contributed by atoms with E-state index in [1.807, 2.05) is 6.07 Å². The van der Waals surface area contributed by atoms with Crippen LogP contribution in [-0.4, -0.2) is 41.1 Å². The van der Waals surface area contributed by atoms with Gasteiger partial charge in [-0.05, 0) is 48.5 Å². The van der Waals surface area contributed by atoms with Crippen LogP contribution in [0.5, 0.6) is 5.75 Å². The number of aromatic carboxylic acids is 1. The van der Waals surface area contributed by atoms with Gasteiger partial charge in [-0.2, -0.15) is 5.26 Å². The number of carboxylic acid groups (broad SMARTS) is 1. The Morgan fingerprint density at radius 1 is 0.923 bits per heavy atom. The molecule has 0 atom stereocenters. The van der Waals surface area contributed by atoms with Crippen molar-refractivity contribution in [1.29, 1.82) is 5.26 Å². The second-order valence-electron chi connectivity index (χ2n) is 8.33. The van der Waals surface area contributed by atoms with Crippen LogP contribution in [0.3, 0.4) is 0 Å². The van der Waals surface area contributed by atoms with Crippen molar-refractivity contribution in [1.82, 2.24) is 5.16 Å². The van der Waals surface area contributed by atoms with Gasteiger partial charge in [0.2, 0.25) is 11.8 Å². The number of rotatable bonds is 7. The predicted octanol–water partition coefficient (Wildman–Crippen LogP) is 4.24. The Bertz CT molecular complexity index is 1700. The molecule has 0 aliphatic carbocycles. The summed E-state index contributed by atoms with van der Waals surface area (Å²) >= 11 is 0. The first-order chi connectivity index (χ1) is 18.6. The van der Waals surface area contributed by atoms with E-state index >= 15 is 0 Å². The number of nitriles is 1. The Balaban J connectivity index is 1.82. The zero-order valence-corrected chi connectivity index (χ0v) is 20.9. The molecule has 0 bridgehead atoms. The van der Waals surface area contributed by atoms with Crippen LogP contribution in [0, 0.1) is 11.3 Å². The highest BCUT2D eigenvalue weighted by Crippen LogP contribution is 2.40. The molecule has 0 aliphatic rings. The first-order valence-corrected chi connectivity index (χ1v) is 11.4. The summed E-state index contributed by atoms with van der Waals surface area (Å²) in [4.78, 5) is 48.4. The van der Waals surface area contributed by atoms with Gasteiger partial charge in [0.25, 0.3) is 5.91 Å². The minimum Gasteiger partial charge on any atom is -0.496 e. The lowest BCUT2D eigenvalue weighted by Crippen LogP contribution is -2.15. The summed E-state index contributed by atoms with van der Waals surface area (Å²) < 4.78 is 10.9. The van der Waals surface area contributed by atoms with Crippen LogP contribution in [0.15, 0.2) is 53.1 Å². The minimum absolute atomic E-state index is 0.0409. The topological polar surface area (TPSA) is 184 Å². The van der Waals surface area contributed by atoms with Crippen LogP contribution in [0.1, 0.15) is 40.3 Å². The van der Waals surface area contributed by atoms with Gasteiger partial charge in [-0.1, -0.05) is 5.16 Å². The van der Waals surface area contributed by atoms with Crippen molar-refractivity contribution in [3.63, 3.8) is 0 Å². The number of nitrogens with zero attached hydrogens (tertiary/aromatic N) is 2. The fourth-order valence-corrected chi connectivity index (χ4v) is 3.94. The van der Waals surface area contributed by atoms with Gasteiger partial charge in [-0.15, -0.1) is 0 Å². The molecule has 1 heterocycles. The zero-order chi connectivity index (χ0) is 28.3. The number of amides is 3. The number of carbonyl (C=O) groups is 4. The number of ether oxygens (including phenoxy) is 1. The molecule has 0 radical (unpaired) electrons. The number of aromatic nitrogens is 1. The Labute approximate surface area is 221 Å². The summed E-state index contributed by atoms with van der Waals surface area (Å²) in [6, 6.07) is 13.7. The van der Waals surface area contributed by atoms with E-state index in [2.05, 4.69) is 21.1 Å². The van der Waals surface area contributed by atoms with Crippen LogP contribution >= 0.6 is 0 Å². The second-order valence-corrected chi connectivity index (χ2v) is 8.33. The number of hydrogen-bond acceptors (Lipinski definition) is 8. The number of anilines is 3. The van der Waals surface area contributed by atoms with Gasteiger partial charge in [0, 0.05) is 36.3 Å². The van der Waals surface area contributed by atoms with Crippen LogP contribution in [0.25, 0.3) is 22.1 Å². The molecule has 4 rings (SSSR count). The van der Waals surface area contributed by atoms with Crippen molar-refractivity contribution in [2.75, 3.05) is 23.1 Å². The Kier molecular flexibility index (Phi) is 7.26. The lowest BCUT2D eigenvalue weighted by atomic mass is 9.99. The first-order valence-electron chi connectivity index (χ1n) is 11.4. The number of fused-ring (bicyclic) bond motifs is 1. The van der Waals surface area contributed by atoms with E-state index < -0.39 is 17.8 Å². The van der Waals surface area contributed by atoms with Crippen LogP contribution < -0.4 is 20.7 Å². The fourth-order valence-electron chi connectivity index (χ4n) is 3.94. The zero-order valence-electron chi connectivity index (χ0n) is 20.9. The summed E-state index contributed by atoms with van der Waals surface area (Å²) in [5.41, 5.74) is 1.59. The molecule has 0 saturated heterocycles. The maximum absolute atomic E-state index is 13.1. The average Bonchev–Trinajstić information content (AvgIpc) is 3.30. The molecular formula is C27H21N5O7. The smallest absolute Gasteiger partial charge is 0.337 e. The third-order valence-electron chi connectivity index (χ3n) is 5.57. The van der Waals surface area contributed by atoms with Crippen molar-refractivity contribution in [3.05, 3.63) is 65.4 Å². The van der Waals surface area contributed by atoms with E-state index in [1.165, 1.54) is 39.2 Å². The fraction of sp³-hybridized carbons (Fsp3) is 0.111. The van der Waals surface area contributed by atoms with Gasteiger partial charge < -0.3 is 30.3 Å². The molecule has 4 N–H and O–H groups in total. The number of nitrogens with one attached hydrogen (secondary N) is 3. The summed E-state index contributed by atoms with van der Waals surface area (Å²) in [7, 11) is 1.47. The molecule has 0 spiro atoms. The molecule has 39 heavy (non-hydrogen) atoms. The van der Waals surface area contributed by atoms with Gasteiger partial charge in [-0.3, -0.25) is 14.4 Å². The third-order valence-corrected chi connectivity index (χ3v) is 5.57. The van der Waals surface area contributed by atoms with E-state index in [-0.39, 0.29) is 39.4 Å². The van der Waals surface area contributed by atoms with Gasteiger partial charge in [-0.25, -0.2) is 4.79 Å². The molecule has 12 heteroatoms. The van der Waals surface area contributed by atoms with E-state index in [1.54, 1.807) is 24.3 Å². The number of benzene rings is 3. The van der Waals surface area contributed by atoms with Crippen molar-refractivity contribution in [3.8, 4) is 22.9 Å². The first kappa shape index (κ1) is 26.4. The van der Waals surface area contributed by atoms with Gasteiger partial charge in [0.15, 0.2) is 11.3 Å². The van der Waals surface area contributed by atoms with Gasteiger partial charge in [0.05, 0.1) is 35.4 Å². The SMILES string of the molecule is COc1ccc(NC(C)=O)cc1-c1cc2onc(C(=O)Nc3ccc(C#N)cc3C(=O)O)c2cc1NC(C)=O. The van der Waals surface area contributed by atoms with Crippen molar-refractivity contribution in [2.24, 2.45) is 0 Å². The molecule has 4 aromatic rings. The largest absolute Gasteiger partial charge is 0.496 e. The predicted molar refractivity (Wildman–Crippen MR) is 141 cm³/mol. The molecule has 3 amide bonds. The maximum Gasteiger partial charge on any atom is 0.337 e. The lowest BCUT2D eigenvalue weighted by molar-refractivity contribution is -0.115. The highest BCUT2D eigenvalue weighted by Gasteiger charge is 2.23. The molecule has 196 valence electrons. The lowest BCUT2D eigenvalue weighted by Gasteiger charge is -2.15. The molecule has 0 saturated carbocycles. The summed E-state index contributed by atoms with van der Waals surface area (Å²) in [6.07, 6.45) is 0. The Morgan fingerprint density at radius 2 is 1.67 bits per heavy atom. The molecular weight excluding hydrogens is 506 g/mol.